The first-order valence-electron chi connectivity index (χ1n) is 14.5. The van der Waals surface area contributed by atoms with E-state index in [4.69, 9.17) is 23.4 Å². The van der Waals surface area contributed by atoms with E-state index in [0.29, 0.717) is 6.07 Å². The van der Waals surface area contributed by atoms with Gasteiger partial charge in [0.2, 0.25) is 0 Å². The minimum absolute atomic E-state index is 0.0495. The molecule has 0 saturated carbocycles. The van der Waals surface area contributed by atoms with Crippen molar-refractivity contribution in [1.29, 1.82) is 0 Å². The van der Waals surface area contributed by atoms with E-state index in [1.165, 1.54) is 36.4 Å². The van der Waals surface area contributed by atoms with Crippen LogP contribution in [0, 0.1) is 20.2 Å². The van der Waals surface area contributed by atoms with Gasteiger partial charge in [0.25, 0.3) is 0 Å². The van der Waals surface area contributed by atoms with Crippen molar-refractivity contribution in [3.63, 3.8) is 0 Å². The molecule has 1 aliphatic heterocycles. The lowest BCUT2D eigenvalue weighted by Crippen LogP contribution is -2.56. The molecule has 0 aliphatic carbocycles. The van der Waals surface area contributed by atoms with Gasteiger partial charge in [-0.05, 0) is 36.4 Å². The number of esters is 3. The molecule has 16 heteroatoms. The third kappa shape index (κ3) is 6.61. The van der Waals surface area contributed by atoms with E-state index >= 15 is 0 Å². The van der Waals surface area contributed by atoms with Crippen LogP contribution >= 0.6 is 0 Å². The number of carbonyl (C=O) groups excluding carboxylic acids is 3. The normalized spacial score (nSPS) is 18.7. The molecule has 16 nitrogen and oxygen atoms in total. The molecule has 1 saturated heterocycles. The molecule has 1 aliphatic rings. The Hall–Kier alpha value is -6.68. The fourth-order valence-electron chi connectivity index (χ4n) is 5.25. The lowest BCUT2D eigenvalue weighted by atomic mass is 10.0. The van der Waals surface area contributed by atoms with Crippen LogP contribution in [0.1, 0.15) is 37.3 Å². The maximum atomic E-state index is 13.5. The number of rotatable bonds is 9. The monoisotopic (exact) mass is 669 g/mol. The van der Waals surface area contributed by atoms with Crippen LogP contribution in [0.5, 0.6) is 0 Å². The van der Waals surface area contributed by atoms with Gasteiger partial charge in [0.05, 0.1) is 45.3 Å². The van der Waals surface area contributed by atoms with Gasteiger partial charge in [0.15, 0.2) is 30.1 Å². The topological polar surface area (TPSA) is 210 Å². The highest BCUT2D eigenvalue weighted by atomic mass is 16.7. The Morgan fingerprint density at radius 3 is 1.61 bits per heavy atom. The lowest BCUT2D eigenvalue weighted by Gasteiger charge is -2.40. The number of benzene rings is 4. The van der Waals surface area contributed by atoms with E-state index in [-0.39, 0.29) is 22.2 Å². The minimum atomic E-state index is -1.77. The molecule has 0 amide bonds. The Kier molecular flexibility index (Phi) is 8.95. The molecule has 4 aromatic carbocycles. The molecular formula is C33H23N3O13. The first-order valence-corrected chi connectivity index (χ1v) is 14.5. The summed E-state index contributed by atoms with van der Waals surface area (Å²) in [5.41, 5.74) is -2.40. The predicted octanol–water partition coefficient (Wildman–Crippen LogP) is 4.62. The number of hydrogen-bond acceptors (Lipinski definition) is 13. The molecule has 2 heterocycles. The second-order valence-corrected chi connectivity index (χ2v) is 10.6. The summed E-state index contributed by atoms with van der Waals surface area (Å²) in [5, 5.41) is 23.3. The van der Waals surface area contributed by atoms with E-state index in [1.807, 2.05) is 0 Å². The van der Waals surface area contributed by atoms with Crippen LogP contribution in [0.25, 0.3) is 11.1 Å². The van der Waals surface area contributed by atoms with Gasteiger partial charge < -0.3 is 23.4 Å². The van der Waals surface area contributed by atoms with Gasteiger partial charge in [-0.15, -0.1) is 0 Å². The quantitative estimate of drug-likeness (QED) is 0.0909. The van der Waals surface area contributed by atoms with Gasteiger partial charge in [-0.2, -0.15) is 0 Å². The molecule has 0 N–H and O–H groups in total. The number of carbonyl (C=O) groups is 3. The molecule has 0 bridgehead atoms. The van der Waals surface area contributed by atoms with E-state index in [0.717, 1.165) is 10.6 Å². The van der Waals surface area contributed by atoms with Crippen LogP contribution in [0.2, 0.25) is 0 Å². The number of oxazole rings is 1. The van der Waals surface area contributed by atoms with Crippen molar-refractivity contribution in [1.82, 2.24) is 4.57 Å². The van der Waals surface area contributed by atoms with Gasteiger partial charge in [0, 0.05) is 0 Å². The Morgan fingerprint density at radius 1 is 0.673 bits per heavy atom. The number of aromatic nitrogens is 1. The minimum Gasteiger partial charge on any atom is -0.452 e. The molecule has 0 radical (unpaired) electrons. The molecule has 5 aromatic rings. The number of hydrogen-bond donors (Lipinski definition) is 0. The summed E-state index contributed by atoms with van der Waals surface area (Å²) in [6.45, 7) is -0.538. The zero-order chi connectivity index (χ0) is 34.7. The smallest absolute Gasteiger partial charge is 0.422 e. The van der Waals surface area contributed by atoms with Crippen molar-refractivity contribution < 1.29 is 47.6 Å². The number of nitrogens with zero attached hydrogens (tertiary/aromatic N) is 3. The zero-order valence-corrected chi connectivity index (χ0v) is 25.0. The van der Waals surface area contributed by atoms with E-state index in [2.05, 4.69) is 0 Å². The highest BCUT2D eigenvalue weighted by Gasteiger charge is 2.50. The molecule has 248 valence electrons. The second kappa shape index (κ2) is 13.6. The molecule has 4 atom stereocenters. The molecule has 6 rings (SSSR count). The Labute approximate surface area is 274 Å². The first-order chi connectivity index (χ1) is 23.6. The summed E-state index contributed by atoms with van der Waals surface area (Å²) >= 11 is 0. The third-order valence-electron chi connectivity index (χ3n) is 7.53. The first kappa shape index (κ1) is 32.3. The van der Waals surface area contributed by atoms with E-state index in [1.54, 1.807) is 54.6 Å². The fraction of sp³-hybridized carbons (Fsp3) is 0.152. The largest absolute Gasteiger partial charge is 0.452 e. The summed E-state index contributed by atoms with van der Waals surface area (Å²) in [6, 6.07) is 24.6. The number of ether oxygens (including phenoxy) is 4. The molecule has 49 heavy (non-hydrogen) atoms. The van der Waals surface area contributed by atoms with Crippen LogP contribution in [0.4, 0.5) is 11.4 Å². The highest BCUT2D eigenvalue weighted by Crippen LogP contribution is 2.37. The summed E-state index contributed by atoms with van der Waals surface area (Å²) < 4.78 is 29.3. The number of fused-ring (bicyclic) bond motifs is 1. The summed E-state index contributed by atoms with van der Waals surface area (Å²) in [6.07, 6.45) is -6.55. The molecule has 0 spiro atoms. The summed E-state index contributed by atoms with van der Waals surface area (Å²) in [5.74, 6) is -3.92. The average molecular weight is 670 g/mol. The van der Waals surface area contributed by atoms with Gasteiger partial charge in [-0.1, -0.05) is 54.6 Å². The van der Waals surface area contributed by atoms with E-state index in [9.17, 15) is 39.4 Å². The highest BCUT2D eigenvalue weighted by molar-refractivity contribution is 5.91. The van der Waals surface area contributed by atoms with Crippen LogP contribution in [0.3, 0.4) is 0 Å². The van der Waals surface area contributed by atoms with Crippen molar-refractivity contribution in [2.75, 3.05) is 6.61 Å². The maximum Gasteiger partial charge on any atom is 0.422 e. The van der Waals surface area contributed by atoms with Gasteiger partial charge in [0.1, 0.15) is 5.52 Å². The lowest BCUT2D eigenvalue weighted by molar-refractivity contribution is -0.422. The van der Waals surface area contributed by atoms with Gasteiger partial charge in [-0.25, -0.2) is 23.7 Å². The van der Waals surface area contributed by atoms with Crippen LogP contribution in [-0.4, -0.2) is 57.2 Å². The third-order valence-corrected chi connectivity index (χ3v) is 7.53. The Bertz CT molecular complexity index is 2110. The van der Waals surface area contributed by atoms with Crippen molar-refractivity contribution in [2.45, 2.75) is 24.5 Å². The van der Waals surface area contributed by atoms with E-state index < -0.39 is 81.6 Å². The Balaban J connectivity index is 1.48. The maximum absolute atomic E-state index is 13.5. The molecule has 1 fully saturated rings. The SMILES string of the molecule is O=C(O[C@@H]1[C@H](OC(=O)c2ccccc2)[C@H](OC(=O)c2ccccc2)CO[C@H]1n1c(=O)oc2cc([N+](=O)[O-])c([N+](=O)[O-])cc21)c1ccccc1. The molecule has 1 aromatic heterocycles. The second-order valence-electron chi connectivity index (χ2n) is 10.6. The average Bonchev–Trinajstić information content (AvgIpc) is 3.44. The zero-order valence-electron chi connectivity index (χ0n) is 25.0. The standard InChI is InChI=1S/C33H23N3O13/c37-30(19-10-4-1-5-11-19)46-26-18-45-29(34-24-16-22(35(41)42)23(36(43)44)17-25(24)47-33(34)40)28(49-32(39)21-14-8-3-9-15-21)27(26)48-31(38)20-12-6-2-7-13-20/h1-17,26-29H,18H2/t26-,27-,28-,29-/m1/s1. The van der Waals surface area contributed by atoms with Crippen LogP contribution in [-0.2, 0) is 18.9 Å². The summed E-state index contributed by atoms with van der Waals surface area (Å²) in [4.78, 5) is 74.8. The predicted molar refractivity (Wildman–Crippen MR) is 166 cm³/mol. The van der Waals surface area contributed by atoms with Crippen LogP contribution in [0.15, 0.2) is 112 Å². The van der Waals surface area contributed by atoms with Crippen molar-refractivity contribution in [3.8, 4) is 0 Å². The van der Waals surface area contributed by atoms with Crippen LogP contribution < -0.4 is 5.76 Å². The summed E-state index contributed by atoms with van der Waals surface area (Å²) in [7, 11) is 0. The molecular weight excluding hydrogens is 646 g/mol. The van der Waals surface area contributed by atoms with Crippen molar-refractivity contribution in [3.05, 3.63) is 151 Å². The molecule has 0 unspecified atom stereocenters. The Morgan fingerprint density at radius 2 is 1.12 bits per heavy atom. The van der Waals surface area contributed by atoms with Crippen molar-refractivity contribution >= 4 is 40.4 Å². The van der Waals surface area contributed by atoms with Crippen molar-refractivity contribution in [2.24, 2.45) is 0 Å². The fourth-order valence-corrected chi connectivity index (χ4v) is 5.25. The number of nitro benzene ring substituents is 2. The van der Waals surface area contributed by atoms with Gasteiger partial charge in [-0.3, -0.25) is 20.2 Å². The number of nitro groups is 2. The van der Waals surface area contributed by atoms with Gasteiger partial charge >= 0.3 is 35.0 Å².